The first kappa shape index (κ1) is 18.6. The normalized spacial score (nSPS) is 10.7. The van der Waals surface area contributed by atoms with Crippen molar-refractivity contribution >= 4 is 11.6 Å². The minimum Gasteiger partial charge on any atom is -0.494 e. The Bertz CT molecular complexity index is 966. The number of ether oxygens (including phenoxy) is 1. The molecule has 140 valence electrons. The van der Waals surface area contributed by atoms with Crippen molar-refractivity contribution in [2.24, 2.45) is 0 Å². The van der Waals surface area contributed by atoms with E-state index in [-0.39, 0.29) is 11.7 Å². The molecule has 1 heterocycles. The second kappa shape index (κ2) is 8.03. The number of aromatic nitrogens is 2. The van der Waals surface area contributed by atoms with Crippen LogP contribution in [-0.2, 0) is 6.54 Å². The van der Waals surface area contributed by atoms with Crippen LogP contribution in [0.2, 0.25) is 0 Å². The van der Waals surface area contributed by atoms with E-state index in [1.807, 2.05) is 26.8 Å². The molecular weight excluding hydrogens is 345 g/mol. The molecule has 0 bridgehead atoms. The van der Waals surface area contributed by atoms with Gasteiger partial charge in [0.05, 0.1) is 30.2 Å². The summed E-state index contributed by atoms with van der Waals surface area (Å²) in [5, 5.41) is 7.36. The first-order valence-corrected chi connectivity index (χ1v) is 8.81. The van der Waals surface area contributed by atoms with Crippen molar-refractivity contribution in [1.29, 1.82) is 0 Å². The number of amides is 1. The number of anilines is 1. The molecule has 0 saturated carbocycles. The highest BCUT2D eigenvalue weighted by molar-refractivity contribution is 6.05. The van der Waals surface area contributed by atoms with Crippen LogP contribution in [0.15, 0.2) is 48.5 Å². The maximum Gasteiger partial charge on any atom is 0.255 e. The molecule has 1 amide bonds. The van der Waals surface area contributed by atoms with Crippen LogP contribution in [-0.4, -0.2) is 22.3 Å². The van der Waals surface area contributed by atoms with Crippen LogP contribution in [0, 0.1) is 19.7 Å². The summed E-state index contributed by atoms with van der Waals surface area (Å²) in [6, 6.07) is 13.6. The summed E-state index contributed by atoms with van der Waals surface area (Å²) in [6.45, 7) is 6.40. The SMILES string of the molecule is CCOc1cccc(C(=O)Nc2c(C)nn(Cc3ccccc3F)c2C)c1. The summed E-state index contributed by atoms with van der Waals surface area (Å²) in [5.41, 5.74) is 3.13. The van der Waals surface area contributed by atoms with Crippen molar-refractivity contribution in [3.63, 3.8) is 0 Å². The summed E-state index contributed by atoms with van der Waals surface area (Å²) >= 11 is 0. The van der Waals surface area contributed by atoms with Gasteiger partial charge in [0.25, 0.3) is 5.91 Å². The van der Waals surface area contributed by atoms with Crippen molar-refractivity contribution in [3.05, 3.63) is 76.9 Å². The summed E-state index contributed by atoms with van der Waals surface area (Å²) < 4.78 is 21.1. The van der Waals surface area contributed by atoms with Crippen molar-refractivity contribution < 1.29 is 13.9 Å². The second-order valence-corrected chi connectivity index (χ2v) is 6.21. The smallest absolute Gasteiger partial charge is 0.255 e. The molecule has 27 heavy (non-hydrogen) atoms. The Kier molecular flexibility index (Phi) is 5.54. The lowest BCUT2D eigenvalue weighted by molar-refractivity contribution is 0.102. The molecule has 2 aromatic carbocycles. The fourth-order valence-electron chi connectivity index (χ4n) is 2.90. The van der Waals surface area contributed by atoms with Gasteiger partial charge in [-0.3, -0.25) is 9.48 Å². The first-order chi connectivity index (χ1) is 13.0. The Morgan fingerprint density at radius 3 is 2.70 bits per heavy atom. The fraction of sp³-hybridized carbons (Fsp3) is 0.238. The molecule has 0 aliphatic carbocycles. The Hall–Kier alpha value is -3.15. The lowest BCUT2D eigenvalue weighted by Crippen LogP contribution is -2.13. The number of carbonyl (C=O) groups excluding carboxylic acids is 1. The van der Waals surface area contributed by atoms with Crippen molar-refractivity contribution in [1.82, 2.24) is 9.78 Å². The molecule has 1 N–H and O–H groups in total. The van der Waals surface area contributed by atoms with Gasteiger partial charge in [0.1, 0.15) is 11.6 Å². The molecule has 3 rings (SSSR count). The van der Waals surface area contributed by atoms with E-state index in [1.54, 1.807) is 41.1 Å². The van der Waals surface area contributed by atoms with Crippen LogP contribution < -0.4 is 10.1 Å². The Labute approximate surface area is 157 Å². The van der Waals surface area contributed by atoms with Gasteiger partial charge in [-0.2, -0.15) is 5.10 Å². The van der Waals surface area contributed by atoms with Gasteiger partial charge in [0, 0.05) is 11.1 Å². The quantitative estimate of drug-likeness (QED) is 0.705. The lowest BCUT2D eigenvalue weighted by atomic mass is 10.2. The molecule has 0 spiro atoms. The number of carbonyl (C=O) groups is 1. The van der Waals surface area contributed by atoms with E-state index in [0.29, 0.717) is 41.4 Å². The van der Waals surface area contributed by atoms with Crippen LogP contribution in [0.3, 0.4) is 0 Å². The fourth-order valence-corrected chi connectivity index (χ4v) is 2.90. The monoisotopic (exact) mass is 367 g/mol. The number of halogens is 1. The van der Waals surface area contributed by atoms with Crippen LogP contribution >= 0.6 is 0 Å². The maximum absolute atomic E-state index is 13.9. The molecule has 0 saturated heterocycles. The van der Waals surface area contributed by atoms with E-state index in [0.717, 1.165) is 5.69 Å². The van der Waals surface area contributed by atoms with E-state index >= 15 is 0 Å². The minimum atomic E-state index is -0.275. The van der Waals surface area contributed by atoms with E-state index in [4.69, 9.17) is 4.74 Å². The average Bonchev–Trinajstić information content (AvgIpc) is 2.91. The molecule has 0 radical (unpaired) electrons. The molecule has 0 aliphatic heterocycles. The molecule has 0 aliphatic rings. The van der Waals surface area contributed by atoms with Crippen LogP contribution in [0.5, 0.6) is 5.75 Å². The van der Waals surface area contributed by atoms with Crippen molar-refractivity contribution in [3.8, 4) is 5.75 Å². The summed E-state index contributed by atoms with van der Waals surface area (Å²) in [4.78, 5) is 12.6. The van der Waals surface area contributed by atoms with Gasteiger partial charge in [0.15, 0.2) is 0 Å². The van der Waals surface area contributed by atoms with E-state index in [9.17, 15) is 9.18 Å². The number of hydrogen-bond acceptors (Lipinski definition) is 3. The molecule has 0 unspecified atom stereocenters. The Morgan fingerprint density at radius 2 is 1.96 bits per heavy atom. The summed E-state index contributed by atoms with van der Waals surface area (Å²) in [5.74, 6) is 0.130. The summed E-state index contributed by atoms with van der Waals surface area (Å²) in [6.07, 6.45) is 0. The number of nitrogens with zero attached hydrogens (tertiary/aromatic N) is 2. The van der Waals surface area contributed by atoms with Gasteiger partial charge in [0.2, 0.25) is 0 Å². The molecule has 5 nitrogen and oxygen atoms in total. The zero-order valence-electron chi connectivity index (χ0n) is 15.6. The second-order valence-electron chi connectivity index (χ2n) is 6.21. The predicted molar refractivity (Wildman–Crippen MR) is 103 cm³/mol. The molecule has 0 atom stereocenters. The summed E-state index contributed by atoms with van der Waals surface area (Å²) in [7, 11) is 0. The maximum atomic E-state index is 13.9. The van der Waals surface area contributed by atoms with Gasteiger partial charge in [-0.1, -0.05) is 24.3 Å². The highest BCUT2D eigenvalue weighted by Gasteiger charge is 2.16. The molecule has 3 aromatic rings. The van der Waals surface area contributed by atoms with Crippen LogP contribution in [0.25, 0.3) is 0 Å². The van der Waals surface area contributed by atoms with E-state index < -0.39 is 0 Å². The zero-order valence-corrected chi connectivity index (χ0v) is 15.6. The minimum absolute atomic E-state index is 0.242. The molecular formula is C21H22FN3O2. The van der Waals surface area contributed by atoms with Gasteiger partial charge >= 0.3 is 0 Å². The third-order valence-electron chi connectivity index (χ3n) is 4.31. The van der Waals surface area contributed by atoms with Gasteiger partial charge in [-0.25, -0.2) is 4.39 Å². The van der Waals surface area contributed by atoms with Crippen LogP contribution in [0.4, 0.5) is 10.1 Å². The number of benzene rings is 2. The topological polar surface area (TPSA) is 56.1 Å². The Balaban J connectivity index is 1.81. The predicted octanol–water partition coefficient (Wildman–Crippen LogP) is 4.34. The van der Waals surface area contributed by atoms with Gasteiger partial charge in [-0.15, -0.1) is 0 Å². The Morgan fingerprint density at radius 1 is 1.19 bits per heavy atom. The number of rotatable bonds is 6. The molecule has 1 aromatic heterocycles. The average molecular weight is 367 g/mol. The molecule has 6 heteroatoms. The van der Waals surface area contributed by atoms with Crippen molar-refractivity contribution in [2.75, 3.05) is 11.9 Å². The number of aryl methyl sites for hydroxylation is 1. The zero-order chi connectivity index (χ0) is 19.4. The number of nitrogens with one attached hydrogen (secondary N) is 1. The lowest BCUT2D eigenvalue weighted by Gasteiger charge is -2.09. The molecule has 0 fully saturated rings. The third kappa shape index (κ3) is 4.16. The van der Waals surface area contributed by atoms with Crippen LogP contribution in [0.1, 0.15) is 34.2 Å². The van der Waals surface area contributed by atoms with Crippen molar-refractivity contribution in [2.45, 2.75) is 27.3 Å². The first-order valence-electron chi connectivity index (χ1n) is 8.81. The highest BCUT2D eigenvalue weighted by atomic mass is 19.1. The van der Waals surface area contributed by atoms with Gasteiger partial charge < -0.3 is 10.1 Å². The third-order valence-corrected chi connectivity index (χ3v) is 4.31. The highest BCUT2D eigenvalue weighted by Crippen LogP contribution is 2.22. The standard InChI is InChI=1S/C21H22FN3O2/c1-4-27-18-10-7-9-16(12-18)21(26)23-20-14(2)24-25(15(20)3)13-17-8-5-6-11-19(17)22/h5-12H,4,13H2,1-3H3,(H,23,26). The van der Waals surface area contributed by atoms with E-state index in [2.05, 4.69) is 10.4 Å². The largest absolute Gasteiger partial charge is 0.494 e. The number of hydrogen-bond donors (Lipinski definition) is 1. The van der Waals surface area contributed by atoms with Gasteiger partial charge in [-0.05, 0) is 45.0 Å². The van der Waals surface area contributed by atoms with E-state index in [1.165, 1.54) is 6.07 Å².